The maximum absolute atomic E-state index is 12.6. The van der Waals surface area contributed by atoms with Gasteiger partial charge in [0.15, 0.2) is 0 Å². The zero-order chi connectivity index (χ0) is 7.35. The summed E-state index contributed by atoms with van der Waals surface area (Å²) < 4.78 is 25.2. The highest BCUT2D eigenvalue weighted by molar-refractivity contribution is 5.08. The van der Waals surface area contributed by atoms with Gasteiger partial charge in [-0.05, 0) is 19.5 Å². The van der Waals surface area contributed by atoms with E-state index >= 15 is 0 Å². The number of halogens is 2. The zero-order valence-corrected chi connectivity index (χ0v) is 5.69. The topological polar surface area (TPSA) is 3.24 Å². The molecule has 2 fully saturated rings. The van der Waals surface area contributed by atoms with Crippen LogP contribution in [0.1, 0.15) is 6.42 Å². The van der Waals surface area contributed by atoms with E-state index in [2.05, 4.69) is 7.05 Å². The lowest BCUT2D eigenvalue weighted by molar-refractivity contribution is 0.0856. The first-order chi connectivity index (χ1) is 4.62. The molecule has 1 saturated carbocycles. The lowest BCUT2D eigenvalue weighted by atomic mass is 10.1. The second kappa shape index (κ2) is 1.70. The number of hydrogen-bond donors (Lipinski definition) is 0. The summed E-state index contributed by atoms with van der Waals surface area (Å²) in [5.74, 6) is -3.05. The van der Waals surface area contributed by atoms with Crippen LogP contribution in [-0.4, -0.2) is 23.9 Å². The Balaban J connectivity index is 2.04. The predicted molar refractivity (Wildman–Crippen MR) is 33.5 cm³/mol. The number of hydrogen-bond acceptors (Lipinski definition) is 1. The average Bonchev–Trinajstić information content (AvgIpc) is 2.36. The van der Waals surface area contributed by atoms with Gasteiger partial charge in [0, 0.05) is 11.8 Å². The van der Waals surface area contributed by atoms with Gasteiger partial charge in [0.05, 0.1) is 0 Å². The van der Waals surface area contributed by atoms with E-state index in [9.17, 15) is 8.78 Å². The quantitative estimate of drug-likeness (QED) is 0.466. The van der Waals surface area contributed by atoms with Gasteiger partial charge in [0.2, 0.25) is 0 Å². The Kier molecular flexibility index (Phi) is 1.11. The summed E-state index contributed by atoms with van der Waals surface area (Å²) in [5.41, 5.74) is 0. The van der Waals surface area contributed by atoms with Crippen molar-refractivity contribution in [2.24, 2.45) is 11.8 Å². The van der Waals surface area contributed by atoms with Gasteiger partial charge in [-0.25, -0.2) is 8.78 Å². The van der Waals surface area contributed by atoms with Gasteiger partial charge in [-0.1, -0.05) is 0 Å². The first kappa shape index (κ1) is 6.53. The van der Waals surface area contributed by atoms with Crippen molar-refractivity contribution in [3.05, 3.63) is 7.05 Å². The van der Waals surface area contributed by atoms with Crippen molar-refractivity contribution in [1.82, 2.24) is 4.90 Å². The van der Waals surface area contributed by atoms with Crippen LogP contribution in [-0.2, 0) is 0 Å². The monoisotopic (exact) mass is 146 g/mol. The number of alkyl halides is 2. The highest BCUT2D eigenvalue weighted by atomic mass is 19.3. The van der Waals surface area contributed by atoms with Crippen LogP contribution in [0.3, 0.4) is 0 Å². The number of piperidine rings is 1. The largest absolute Gasteiger partial charge is 0.459 e. The van der Waals surface area contributed by atoms with Crippen molar-refractivity contribution in [2.75, 3.05) is 13.1 Å². The van der Waals surface area contributed by atoms with Crippen LogP contribution in [0.25, 0.3) is 0 Å². The molecular weight excluding hydrogens is 136 g/mol. The summed E-state index contributed by atoms with van der Waals surface area (Å²) in [4.78, 5) is 1.74. The SMILES string of the molecule is [CH2-]N1CCC2C(C1)C2(F)F. The van der Waals surface area contributed by atoms with Crippen molar-refractivity contribution < 1.29 is 8.78 Å². The molecule has 0 aromatic heterocycles. The smallest absolute Gasteiger partial charge is 0.255 e. The van der Waals surface area contributed by atoms with Gasteiger partial charge >= 0.3 is 0 Å². The molecule has 0 radical (unpaired) electrons. The van der Waals surface area contributed by atoms with Gasteiger partial charge in [-0.3, -0.25) is 7.05 Å². The number of rotatable bonds is 0. The molecule has 1 aliphatic heterocycles. The second-order valence-corrected chi connectivity index (χ2v) is 3.25. The number of likely N-dealkylation sites (tertiary alicyclic amines) is 1. The van der Waals surface area contributed by atoms with Crippen molar-refractivity contribution >= 4 is 0 Å². The third-order valence-electron chi connectivity index (χ3n) is 2.58. The standard InChI is InChI=1S/C7H10F2N/c1-10-3-2-5-6(4-10)7(5,8)9/h5-6H,1-4H2/q-1. The van der Waals surface area contributed by atoms with Crippen molar-refractivity contribution in [2.45, 2.75) is 12.3 Å². The minimum atomic E-state index is -2.35. The van der Waals surface area contributed by atoms with Crippen LogP contribution in [0.15, 0.2) is 0 Å². The predicted octanol–water partition coefficient (Wildman–Crippen LogP) is 1.36. The third kappa shape index (κ3) is 0.698. The van der Waals surface area contributed by atoms with Crippen LogP contribution >= 0.6 is 0 Å². The van der Waals surface area contributed by atoms with E-state index in [1.807, 2.05) is 0 Å². The van der Waals surface area contributed by atoms with Gasteiger partial charge in [-0.2, -0.15) is 0 Å². The first-order valence-corrected chi connectivity index (χ1v) is 3.55. The van der Waals surface area contributed by atoms with E-state index in [-0.39, 0.29) is 11.8 Å². The minimum absolute atomic E-state index is 0.314. The highest BCUT2D eigenvalue weighted by Crippen LogP contribution is 2.58. The van der Waals surface area contributed by atoms with Crippen LogP contribution in [0.2, 0.25) is 0 Å². The van der Waals surface area contributed by atoms with Crippen molar-refractivity contribution in [3.8, 4) is 0 Å². The molecule has 2 aliphatic rings. The molecule has 1 heterocycles. The van der Waals surface area contributed by atoms with Gasteiger partial charge in [0.25, 0.3) is 5.92 Å². The Bertz CT molecular complexity index is 158. The number of nitrogens with zero attached hydrogens (tertiary/aromatic N) is 1. The van der Waals surface area contributed by atoms with E-state index in [0.717, 1.165) is 6.54 Å². The molecule has 58 valence electrons. The number of fused-ring (bicyclic) bond motifs is 1. The Morgan fingerprint density at radius 1 is 1.40 bits per heavy atom. The molecule has 10 heavy (non-hydrogen) atoms. The molecule has 0 spiro atoms. The summed E-state index contributed by atoms with van der Waals surface area (Å²) in [6, 6.07) is 0. The lowest BCUT2D eigenvalue weighted by Crippen LogP contribution is -2.25. The van der Waals surface area contributed by atoms with Gasteiger partial charge < -0.3 is 4.90 Å². The third-order valence-corrected chi connectivity index (χ3v) is 2.58. The van der Waals surface area contributed by atoms with Crippen LogP contribution in [0.4, 0.5) is 8.78 Å². The molecule has 0 bridgehead atoms. The average molecular weight is 146 g/mol. The Hall–Kier alpha value is -0.180. The second-order valence-electron chi connectivity index (χ2n) is 3.25. The minimum Gasteiger partial charge on any atom is -0.459 e. The van der Waals surface area contributed by atoms with E-state index < -0.39 is 5.92 Å². The molecule has 2 unspecified atom stereocenters. The summed E-state index contributed by atoms with van der Waals surface area (Å²) in [7, 11) is 3.64. The molecule has 3 heteroatoms. The summed E-state index contributed by atoms with van der Waals surface area (Å²) in [6.45, 7) is 1.22. The normalized spacial score (nSPS) is 44.7. The fourth-order valence-corrected chi connectivity index (χ4v) is 1.79. The van der Waals surface area contributed by atoms with Crippen LogP contribution in [0, 0.1) is 18.9 Å². The van der Waals surface area contributed by atoms with Crippen molar-refractivity contribution in [3.63, 3.8) is 0 Å². The maximum Gasteiger partial charge on any atom is 0.255 e. The van der Waals surface area contributed by atoms with E-state index in [1.165, 1.54) is 0 Å². The molecule has 1 saturated heterocycles. The molecule has 2 rings (SSSR count). The van der Waals surface area contributed by atoms with E-state index in [4.69, 9.17) is 0 Å². The van der Waals surface area contributed by atoms with E-state index in [1.54, 1.807) is 4.90 Å². The van der Waals surface area contributed by atoms with E-state index in [0.29, 0.717) is 13.0 Å². The van der Waals surface area contributed by atoms with Crippen LogP contribution in [0.5, 0.6) is 0 Å². The fourth-order valence-electron chi connectivity index (χ4n) is 1.79. The van der Waals surface area contributed by atoms with Crippen LogP contribution < -0.4 is 0 Å². The van der Waals surface area contributed by atoms with Gasteiger partial charge in [0.1, 0.15) is 0 Å². The molecule has 1 nitrogen and oxygen atoms in total. The molecule has 0 N–H and O–H groups in total. The zero-order valence-electron chi connectivity index (χ0n) is 5.69. The molecular formula is C7H10F2N-. The first-order valence-electron chi connectivity index (χ1n) is 3.55. The molecule has 0 amide bonds. The van der Waals surface area contributed by atoms with Gasteiger partial charge in [-0.15, -0.1) is 0 Å². The molecule has 0 aromatic carbocycles. The maximum atomic E-state index is 12.6. The highest BCUT2D eigenvalue weighted by Gasteiger charge is 2.67. The lowest BCUT2D eigenvalue weighted by Gasteiger charge is -2.27. The molecule has 2 atom stereocenters. The summed E-state index contributed by atoms with van der Waals surface area (Å²) >= 11 is 0. The summed E-state index contributed by atoms with van der Waals surface area (Å²) in [5, 5.41) is 0. The molecule has 0 aromatic rings. The molecule has 1 aliphatic carbocycles. The fraction of sp³-hybridized carbons (Fsp3) is 0.857. The summed E-state index contributed by atoms with van der Waals surface area (Å²) in [6.07, 6.45) is 0.626. The Labute approximate surface area is 59.0 Å². The Morgan fingerprint density at radius 3 is 2.60 bits per heavy atom. The Morgan fingerprint density at radius 2 is 2.10 bits per heavy atom. The van der Waals surface area contributed by atoms with Crippen molar-refractivity contribution in [1.29, 1.82) is 0 Å².